The molecule has 0 amide bonds. The summed E-state index contributed by atoms with van der Waals surface area (Å²) in [5.74, 6) is 1.47. The molecule has 1 aromatic heterocycles. The smallest absolute Gasteiger partial charge is 0.130 e. The summed E-state index contributed by atoms with van der Waals surface area (Å²) in [4.78, 5) is 11.4. The molecule has 1 radical (unpaired) electrons. The number of hydrogen-bond acceptors (Lipinski definition) is 4. The maximum atomic E-state index is 5.35. The summed E-state index contributed by atoms with van der Waals surface area (Å²) in [5.41, 5.74) is 0. The Hall–Kier alpha value is -0.606. The summed E-state index contributed by atoms with van der Waals surface area (Å²) in [6.07, 6.45) is 2.42. The van der Waals surface area contributed by atoms with E-state index in [2.05, 4.69) is 20.3 Å². The molecular formula is C9H10N4Y-2. The molecular weight excluding hydrogens is 253 g/mol. The SMILES string of the molecule is [CH-]=NC(=[CH-])Nc1ccnc(CC)n1.[Y]. The van der Waals surface area contributed by atoms with Crippen LogP contribution >= 0.6 is 0 Å². The first-order valence-corrected chi connectivity index (χ1v) is 3.88. The van der Waals surface area contributed by atoms with Gasteiger partial charge < -0.3 is 16.9 Å². The molecule has 0 atom stereocenters. The molecule has 1 aromatic rings. The maximum absolute atomic E-state index is 5.35. The van der Waals surface area contributed by atoms with Crippen LogP contribution in [0.25, 0.3) is 0 Å². The van der Waals surface area contributed by atoms with Gasteiger partial charge in [0.25, 0.3) is 0 Å². The van der Waals surface area contributed by atoms with Crippen LogP contribution in [-0.2, 0) is 39.1 Å². The van der Waals surface area contributed by atoms with Crippen molar-refractivity contribution in [3.05, 3.63) is 30.5 Å². The van der Waals surface area contributed by atoms with Crippen LogP contribution in [0.4, 0.5) is 5.82 Å². The molecule has 0 aliphatic carbocycles. The van der Waals surface area contributed by atoms with E-state index in [4.69, 9.17) is 13.3 Å². The van der Waals surface area contributed by atoms with Crippen LogP contribution in [0, 0.1) is 6.58 Å². The molecule has 0 saturated carbocycles. The number of nitrogens with zero attached hydrogens (tertiary/aromatic N) is 3. The minimum Gasteiger partial charge on any atom is -0.577 e. The van der Waals surface area contributed by atoms with E-state index in [0.717, 1.165) is 12.2 Å². The zero-order valence-corrected chi connectivity index (χ0v) is 10.8. The van der Waals surface area contributed by atoms with Crippen LogP contribution in [0.15, 0.2) is 23.1 Å². The Kier molecular flexibility index (Phi) is 6.50. The quantitative estimate of drug-likeness (QED) is 0.658. The van der Waals surface area contributed by atoms with Crippen LogP contribution in [0.3, 0.4) is 0 Å². The van der Waals surface area contributed by atoms with Gasteiger partial charge in [0.15, 0.2) is 0 Å². The topological polar surface area (TPSA) is 50.2 Å². The van der Waals surface area contributed by atoms with Gasteiger partial charge in [-0.15, -0.1) is 0 Å². The molecule has 14 heavy (non-hydrogen) atoms. The second-order valence-corrected chi connectivity index (χ2v) is 2.35. The van der Waals surface area contributed by atoms with E-state index in [1.807, 2.05) is 6.92 Å². The molecule has 71 valence electrons. The van der Waals surface area contributed by atoms with Crippen molar-refractivity contribution < 1.29 is 32.7 Å². The van der Waals surface area contributed by atoms with E-state index in [0.29, 0.717) is 5.82 Å². The molecule has 0 aliphatic heterocycles. The van der Waals surface area contributed by atoms with Crippen molar-refractivity contribution in [2.24, 2.45) is 4.99 Å². The average molecular weight is 263 g/mol. The van der Waals surface area contributed by atoms with Gasteiger partial charge in [-0.05, 0) is 6.07 Å². The predicted molar refractivity (Wildman–Crippen MR) is 51.3 cm³/mol. The molecule has 1 N–H and O–H groups in total. The van der Waals surface area contributed by atoms with Crippen molar-refractivity contribution in [3.63, 3.8) is 0 Å². The summed E-state index contributed by atoms with van der Waals surface area (Å²) in [6, 6.07) is 1.69. The van der Waals surface area contributed by atoms with Crippen molar-refractivity contribution in [1.29, 1.82) is 0 Å². The number of nitrogens with one attached hydrogen (secondary N) is 1. The van der Waals surface area contributed by atoms with E-state index in [-0.39, 0.29) is 38.5 Å². The van der Waals surface area contributed by atoms with E-state index < -0.39 is 0 Å². The maximum Gasteiger partial charge on any atom is 0.130 e. The van der Waals surface area contributed by atoms with Gasteiger partial charge in [-0.3, -0.25) is 0 Å². The van der Waals surface area contributed by atoms with Gasteiger partial charge in [-0.1, -0.05) is 6.92 Å². The van der Waals surface area contributed by atoms with Gasteiger partial charge in [-0.25, -0.2) is 15.8 Å². The molecule has 1 heterocycles. The fourth-order valence-corrected chi connectivity index (χ4v) is 0.803. The van der Waals surface area contributed by atoms with Gasteiger partial charge in [0.05, 0.1) is 0 Å². The summed E-state index contributed by atoms with van der Waals surface area (Å²) >= 11 is 0. The molecule has 0 aromatic carbocycles. The number of aryl methyl sites for hydroxylation is 1. The van der Waals surface area contributed by atoms with Gasteiger partial charge in [0.2, 0.25) is 0 Å². The van der Waals surface area contributed by atoms with Crippen LogP contribution < -0.4 is 5.32 Å². The van der Waals surface area contributed by atoms with E-state index in [1.54, 1.807) is 12.3 Å². The Balaban J connectivity index is 0.00000169. The first-order valence-electron chi connectivity index (χ1n) is 3.88. The minimum absolute atomic E-state index is 0. The van der Waals surface area contributed by atoms with Crippen molar-refractivity contribution in [2.45, 2.75) is 13.3 Å². The standard InChI is InChI=1S/C9H10N4.Y/c1-4-8-11-6-5-9(13-8)12-7(2)10-3;/h2-3,5-6H,4H2,1H3,(H,11,12,13);/q-2;. The number of hydrogen-bond donors (Lipinski definition) is 1. The molecule has 0 saturated heterocycles. The minimum atomic E-state index is 0. The Bertz CT molecular complexity index is 324. The average Bonchev–Trinajstić information content (AvgIpc) is 2.18. The Morgan fingerprint density at radius 1 is 1.64 bits per heavy atom. The molecule has 0 fully saturated rings. The Labute approximate surface area is 109 Å². The van der Waals surface area contributed by atoms with E-state index in [9.17, 15) is 0 Å². The summed E-state index contributed by atoms with van der Waals surface area (Å²) in [5, 5.41) is 2.72. The van der Waals surface area contributed by atoms with Crippen LogP contribution in [0.1, 0.15) is 12.7 Å². The predicted octanol–water partition coefficient (Wildman–Crippen LogP) is 1.30. The summed E-state index contributed by atoms with van der Waals surface area (Å²) in [6.45, 7) is 12.3. The molecule has 0 bridgehead atoms. The number of anilines is 1. The second-order valence-electron chi connectivity index (χ2n) is 2.35. The molecule has 0 aliphatic rings. The first-order chi connectivity index (χ1) is 6.26. The van der Waals surface area contributed by atoms with Crippen molar-refractivity contribution >= 4 is 12.5 Å². The first kappa shape index (κ1) is 13.4. The van der Waals surface area contributed by atoms with Crippen LogP contribution in [0.2, 0.25) is 0 Å². The number of aromatic nitrogens is 2. The van der Waals surface area contributed by atoms with Gasteiger partial charge in [0.1, 0.15) is 11.6 Å². The monoisotopic (exact) mass is 263 g/mol. The normalized spacial score (nSPS) is 8.64. The molecule has 5 heteroatoms. The number of aliphatic imine (C=N–C) groups is 1. The molecule has 4 nitrogen and oxygen atoms in total. The van der Waals surface area contributed by atoms with Gasteiger partial charge >= 0.3 is 0 Å². The third kappa shape index (κ3) is 4.07. The third-order valence-electron chi connectivity index (χ3n) is 1.42. The van der Waals surface area contributed by atoms with Crippen molar-refractivity contribution in [3.8, 4) is 0 Å². The number of rotatable bonds is 4. The molecule has 1 rings (SSSR count). The Morgan fingerprint density at radius 3 is 2.93 bits per heavy atom. The molecule has 0 unspecified atom stereocenters. The summed E-state index contributed by atoms with van der Waals surface area (Å²) in [7, 11) is 0. The largest absolute Gasteiger partial charge is 0.577 e. The zero-order valence-electron chi connectivity index (χ0n) is 7.94. The van der Waals surface area contributed by atoms with Gasteiger partial charge in [0, 0.05) is 45.3 Å². The van der Waals surface area contributed by atoms with Crippen molar-refractivity contribution in [1.82, 2.24) is 9.97 Å². The van der Waals surface area contributed by atoms with Crippen LogP contribution in [0.5, 0.6) is 0 Å². The fraction of sp³-hybridized carbons (Fsp3) is 0.222. The van der Waals surface area contributed by atoms with Crippen LogP contribution in [-0.4, -0.2) is 16.7 Å². The fourth-order valence-electron chi connectivity index (χ4n) is 0.803. The van der Waals surface area contributed by atoms with E-state index in [1.165, 1.54) is 0 Å². The molecule has 0 spiro atoms. The van der Waals surface area contributed by atoms with Crippen molar-refractivity contribution in [2.75, 3.05) is 5.32 Å². The van der Waals surface area contributed by atoms with Gasteiger partial charge in [-0.2, -0.15) is 6.72 Å². The second kappa shape index (κ2) is 6.79. The Morgan fingerprint density at radius 2 is 2.36 bits per heavy atom. The zero-order chi connectivity index (χ0) is 9.68. The summed E-state index contributed by atoms with van der Waals surface area (Å²) < 4.78 is 0. The third-order valence-corrected chi connectivity index (χ3v) is 1.42. The van der Waals surface area contributed by atoms with E-state index >= 15 is 0 Å².